The number of carbonyl (C=O) groups excluding carboxylic acids is 4. The Morgan fingerprint density at radius 3 is 2.11 bits per heavy atom. The molecule has 1 N–H and O–H groups in total. The number of urea groups is 1. The number of nitroso groups, excluding NO2 is 1. The summed E-state index contributed by atoms with van der Waals surface area (Å²) in [7, 11) is 0. The topological polar surface area (TPSA) is 150 Å². The van der Waals surface area contributed by atoms with Crippen molar-refractivity contribution in [3.63, 3.8) is 0 Å². The van der Waals surface area contributed by atoms with E-state index in [1.165, 1.54) is 0 Å². The minimum atomic E-state index is -1.35. The summed E-state index contributed by atoms with van der Waals surface area (Å²) in [6.07, 6.45) is -4.98. The van der Waals surface area contributed by atoms with Crippen molar-refractivity contribution in [1.29, 1.82) is 0 Å². The molecule has 1 heterocycles. The average Bonchev–Trinajstić information content (AvgIpc) is 2.56. The maximum atomic E-state index is 12.1. The molecule has 4 atom stereocenters. The molecular weight excluding hydrogens is 390 g/mol. The van der Waals surface area contributed by atoms with E-state index in [0.717, 1.165) is 20.8 Å². The zero-order valence-corrected chi connectivity index (χ0v) is 15.6. The van der Waals surface area contributed by atoms with Crippen molar-refractivity contribution in [1.82, 2.24) is 10.3 Å². The zero-order valence-electron chi connectivity index (χ0n) is 14.9. The van der Waals surface area contributed by atoms with Gasteiger partial charge in [0, 0.05) is 26.7 Å². The van der Waals surface area contributed by atoms with Gasteiger partial charge >= 0.3 is 23.9 Å². The first kappa shape index (κ1) is 22.6. The Morgan fingerprint density at radius 1 is 1.07 bits per heavy atom. The lowest BCUT2D eigenvalue weighted by molar-refractivity contribution is -0.228. The second kappa shape index (κ2) is 10.6. The molecule has 1 aliphatic rings. The Morgan fingerprint density at radius 2 is 1.63 bits per heavy atom. The van der Waals surface area contributed by atoms with E-state index >= 15 is 0 Å². The highest BCUT2D eigenvalue weighted by molar-refractivity contribution is 6.18. The standard InChI is InChI=1S/C14H20ClN3O9/c1-7(19)25-10-6-24-13(16-14(22)18(17-23)5-4-15)12(27-9(3)21)11(10)26-8(2)20/h10-13H,4-6H2,1-3H3,(H,16,22)/t10-,11-,12-,13?/m1/s1. The van der Waals surface area contributed by atoms with Gasteiger partial charge in [-0.1, -0.05) is 0 Å². The number of hydrogen-bond donors (Lipinski definition) is 1. The molecule has 0 radical (unpaired) electrons. The number of nitrogens with zero attached hydrogens (tertiary/aromatic N) is 2. The number of ether oxygens (including phenoxy) is 4. The second-order valence-electron chi connectivity index (χ2n) is 5.39. The maximum Gasteiger partial charge on any atom is 0.342 e. The van der Waals surface area contributed by atoms with Gasteiger partial charge in [0.15, 0.2) is 24.5 Å². The van der Waals surface area contributed by atoms with Crippen molar-refractivity contribution in [3.8, 4) is 0 Å². The molecule has 0 aromatic carbocycles. The highest BCUT2D eigenvalue weighted by atomic mass is 35.5. The Bertz CT molecular complexity index is 588. The number of esters is 3. The number of hydrogen-bond acceptors (Lipinski definition) is 10. The lowest BCUT2D eigenvalue weighted by atomic mass is 10.0. The molecular formula is C14H20ClN3O9. The quantitative estimate of drug-likeness (QED) is 0.202. The number of halogens is 1. The van der Waals surface area contributed by atoms with Gasteiger partial charge in [0.25, 0.3) is 0 Å². The molecule has 1 rings (SSSR count). The molecule has 0 aromatic rings. The van der Waals surface area contributed by atoms with Crippen molar-refractivity contribution in [2.75, 3.05) is 19.0 Å². The van der Waals surface area contributed by atoms with Crippen LogP contribution >= 0.6 is 11.6 Å². The summed E-state index contributed by atoms with van der Waals surface area (Å²) in [6.45, 7) is 2.89. The summed E-state index contributed by atoms with van der Waals surface area (Å²) in [5.74, 6) is -2.24. The van der Waals surface area contributed by atoms with Crippen molar-refractivity contribution in [3.05, 3.63) is 4.91 Å². The first-order chi connectivity index (χ1) is 12.7. The molecule has 13 heteroatoms. The van der Waals surface area contributed by atoms with Crippen LogP contribution in [0.5, 0.6) is 0 Å². The second-order valence-corrected chi connectivity index (χ2v) is 5.77. The summed E-state index contributed by atoms with van der Waals surface area (Å²) >= 11 is 5.48. The normalized spacial score (nSPS) is 24.3. The van der Waals surface area contributed by atoms with E-state index < -0.39 is 48.5 Å². The van der Waals surface area contributed by atoms with E-state index in [1.54, 1.807) is 0 Å². The third kappa shape index (κ3) is 6.98. The van der Waals surface area contributed by atoms with Crippen LogP contribution in [-0.2, 0) is 33.3 Å². The summed E-state index contributed by atoms with van der Waals surface area (Å²) in [5.41, 5.74) is 0. The molecule has 1 aliphatic heterocycles. The molecule has 1 fully saturated rings. The van der Waals surface area contributed by atoms with Crippen LogP contribution in [0, 0.1) is 4.91 Å². The molecule has 0 bridgehead atoms. The summed E-state index contributed by atoms with van der Waals surface area (Å²) in [6, 6.07) is -0.972. The summed E-state index contributed by atoms with van der Waals surface area (Å²) < 4.78 is 20.6. The van der Waals surface area contributed by atoms with E-state index in [1.807, 2.05) is 0 Å². The number of alkyl halides is 1. The fourth-order valence-corrected chi connectivity index (χ4v) is 2.48. The average molecular weight is 410 g/mol. The summed E-state index contributed by atoms with van der Waals surface area (Å²) in [5, 5.41) is 5.31. The van der Waals surface area contributed by atoms with Crippen molar-refractivity contribution < 1.29 is 38.1 Å². The van der Waals surface area contributed by atoms with Gasteiger partial charge in [-0.05, 0) is 0 Å². The van der Waals surface area contributed by atoms with Crippen LogP contribution < -0.4 is 5.32 Å². The monoisotopic (exact) mass is 409 g/mol. The molecule has 0 aliphatic carbocycles. The number of nitrogens with one attached hydrogen (secondary N) is 1. The first-order valence-electron chi connectivity index (χ1n) is 7.80. The molecule has 0 saturated carbocycles. The van der Waals surface area contributed by atoms with E-state index in [9.17, 15) is 24.1 Å². The van der Waals surface area contributed by atoms with E-state index in [-0.39, 0.29) is 19.0 Å². The Labute approximate surface area is 159 Å². The Balaban J connectivity index is 3.06. The first-order valence-corrected chi connectivity index (χ1v) is 8.33. The number of amides is 2. The SMILES string of the molecule is CC(=O)O[C@@H]1[C@H](OC(C)=O)COC(NC(=O)N(CCCl)N=O)[C@@H]1OC(C)=O. The highest BCUT2D eigenvalue weighted by Crippen LogP contribution is 2.23. The fourth-order valence-electron chi connectivity index (χ4n) is 2.32. The minimum absolute atomic E-state index is 0.0529. The molecule has 27 heavy (non-hydrogen) atoms. The van der Waals surface area contributed by atoms with Gasteiger partial charge in [-0.15, -0.1) is 16.5 Å². The Kier molecular flexibility index (Phi) is 8.88. The van der Waals surface area contributed by atoms with Gasteiger partial charge in [0.1, 0.15) is 0 Å². The van der Waals surface area contributed by atoms with Crippen molar-refractivity contribution in [2.24, 2.45) is 5.29 Å². The van der Waals surface area contributed by atoms with Gasteiger partial charge in [-0.2, -0.15) is 5.01 Å². The van der Waals surface area contributed by atoms with Gasteiger partial charge in [-0.3, -0.25) is 14.4 Å². The maximum absolute atomic E-state index is 12.1. The zero-order chi connectivity index (χ0) is 20.6. The number of rotatable bonds is 7. The van der Waals surface area contributed by atoms with Crippen LogP contribution in [0.3, 0.4) is 0 Å². The van der Waals surface area contributed by atoms with Crippen LogP contribution in [0.4, 0.5) is 4.79 Å². The van der Waals surface area contributed by atoms with Crippen molar-refractivity contribution in [2.45, 2.75) is 45.3 Å². The lowest BCUT2D eigenvalue weighted by Gasteiger charge is -2.40. The van der Waals surface area contributed by atoms with Crippen LogP contribution in [0.2, 0.25) is 0 Å². The largest absolute Gasteiger partial charge is 0.456 e. The summed E-state index contributed by atoms with van der Waals surface area (Å²) in [4.78, 5) is 57.0. The highest BCUT2D eigenvalue weighted by Gasteiger charge is 2.47. The molecule has 12 nitrogen and oxygen atoms in total. The minimum Gasteiger partial charge on any atom is -0.456 e. The smallest absolute Gasteiger partial charge is 0.342 e. The predicted octanol–water partition coefficient (Wildman–Crippen LogP) is 0.0696. The molecule has 0 spiro atoms. The van der Waals surface area contributed by atoms with E-state index in [4.69, 9.17) is 30.5 Å². The van der Waals surface area contributed by atoms with Crippen molar-refractivity contribution >= 4 is 35.5 Å². The molecule has 1 unspecified atom stereocenters. The van der Waals surface area contributed by atoms with Gasteiger partial charge in [0.2, 0.25) is 0 Å². The molecule has 1 saturated heterocycles. The van der Waals surface area contributed by atoms with Crippen LogP contribution in [-0.4, -0.2) is 72.5 Å². The van der Waals surface area contributed by atoms with Crippen LogP contribution in [0.15, 0.2) is 5.29 Å². The lowest BCUT2D eigenvalue weighted by Crippen LogP contribution is -2.63. The van der Waals surface area contributed by atoms with E-state index in [2.05, 4.69) is 10.6 Å². The van der Waals surface area contributed by atoms with Gasteiger partial charge in [-0.25, -0.2) is 4.79 Å². The molecule has 2 amide bonds. The number of carbonyl (C=O) groups is 4. The van der Waals surface area contributed by atoms with Gasteiger partial charge < -0.3 is 24.3 Å². The molecule has 0 aromatic heterocycles. The van der Waals surface area contributed by atoms with E-state index in [0.29, 0.717) is 5.01 Å². The predicted molar refractivity (Wildman–Crippen MR) is 88.2 cm³/mol. The van der Waals surface area contributed by atoms with Crippen LogP contribution in [0.1, 0.15) is 20.8 Å². The third-order valence-corrected chi connectivity index (χ3v) is 3.41. The fraction of sp³-hybridized carbons (Fsp3) is 0.714. The van der Waals surface area contributed by atoms with Crippen LogP contribution in [0.25, 0.3) is 0 Å². The third-order valence-electron chi connectivity index (χ3n) is 3.25. The molecule has 152 valence electrons. The Hall–Kier alpha value is -2.47. The van der Waals surface area contributed by atoms with Gasteiger partial charge in [0.05, 0.1) is 18.4 Å².